The molecule has 110 valence electrons. The molecule has 0 aliphatic rings. The molecule has 0 radical (unpaired) electrons. The molecule has 22 heavy (non-hydrogen) atoms. The van der Waals surface area contributed by atoms with Gasteiger partial charge in [-0.15, -0.1) is 11.3 Å². The van der Waals surface area contributed by atoms with Crippen LogP contribution < -0.4 is 4.74 Å². The van der Waals surface area contributed by atoms with Crippen LogP contribution in [-0.2, 0) is 6.61 Å². The summed E-state index contributed by atoms with van der Waals surface area (Å²) in [6.45, 7) is 0.118. The summed E-state index contributed by atoms with van der Waals surface area (Å²) in [4.78, 5) is 19.9. The van der Waals surface area contributed by atoms with Crippen molar-refractivity contribution < 1.29 is 14.6 Å². The molecule has 0 aliphatic heterocycles. The van der Waals surface area contributed by atoms with Gasteiger partial charge in [0.1, 0.15) is 27.9 Å². The first-order valence-corrected chi connectivity index (χ1v) is 7.37. The Morgan fingerprint density at radius 2 is 1.86 bits per heavy atom. The lowest BCUT2D eigenvalue weighted by atomic mass is 10.3. The van der Waals surface area contributed by atoms with Gasteiger partial charge >= 0.3 is 5.97 Å². The maximum Gasteiger partial charge on any atom is 0.347 e. The summed E-state index contributed by atoms with van der Waals surface area (Å²) in [5.74, 6) is -0.318. The third-order valence-corrected chi connectivity index (χ3v) is 4.07. The molecular weight excluding hydrogens is 300 g/mol. The predicted molar refractivity (Wildman–Crippen MR) is 83.1 cm³/mol. The Labute approximate surface area is 130 Å². The number of aromatic carboxylic acids is 1. The third-order valence-electron chi connectivity index (χ3n) is 2.94. The number of rotatable bonds is 5. The molecule has 0 spiro atoms. The monoisotopic (exact) mass is 312 g/mol. The molecule has 1 aromatic carbocycles. The molecule has 1 N–H and O–H groups in total. The Hall–Kier alpha value is -2.73. The minimum Gasteiger partial charge on any atom is -0.487 e. The lowest BCUT2D eigenvalue weighted by Crippen LogP contribution is -2.03. The van der Waals surface area contributed by atoms with Crippen LogP contribution in [0.1, 0.15) is 15.4 Å². The Bertz CT molecular complexity index is 773. The van der Waals surface area contributed by atoms with E-state index in [1.165, 1.54) is 0 Å². The van der Waals surface area contributed by atoms with Crippen molar-refractivity contribution in [3.8, 4) is 16.3 Å². The lowest BCUT2D eigenvalue weighted by Gasteiger charge is -2.04. The van der Waals surface area contributed by atoms with Crippen molar-refractivity contribution in [2.45, 2.75) is 6.61 Å². The zero-order chi connectivity index (χ0) is 15.4. The Morgan fingerprint density at radius 3 is 2.55 bits per heavy atom. The molecule has 5 nitrogen and oxygen atoms in total. The normalized spacial score (nSPS) is 10.4. The maximum atomic E-state index is 11.4. The second-order valence-electron chi connectivity index (χ2n) is 4.44. The van der Waals surface area contributed by atoms with E-state index in [0.717, 1.165) is 16.9 Å². The average Bonchev–Trinajstić information content (AvgIpc) is 2.99. The summed E-state index contributed by atoms with van der Waals surface area (Å²) in [5, 5.41) is 9.97. The van der Waals surface area contributed by atoms with Gasteiger partial charge in [-0.3, -0.25) is 4.98 Å². The molecule has 6 heteroatoms. The highest BCUT2D eigenvalue weighted by Gasteiger charge is 2.18. The molecule has 0 bridgehead atoms. The minimum absolute atomic E-state index is 0.118. The Kier molecular flexibility index (Phi) is 4.11. The van der Waals surface area contributed by atoms with Crippen molar-refractivity contribution in [2.24, 2.45) is 0 Å². The van der Waals surface area contributed by atoms with Crippen molar-refractivity contribution >= 4 is 17.3 Å². The zero-order valence-electron chi connectivity index (χ0n) is 11.5. The lowest BCUT2D eigenvalue weighted by molar-refractivity contribution is 0.0699. The number of carboxylic acids is 1. The molecule has 0 atom stereocenters. The maximum absolute atomic E-state index is 11.4. The van der Waals surface area contributed by atoms with Gasteiger partial charge in [-0.05, 0) is 24.3 Å². The predicted octanol–water partition coefficient (Wildman–Crippen LogP) is 3.48. The van der Waals surface area contributed by atoms with Crippen LogP contribution in [0.15, 0.2) is 54.9 Å². The minimum atomic E-state index is -0.996. The van der Waals surface area contributed by atoms with Crippen LogP contribution in [0.5, 0.6) is 5.75 Å². The number of ether oxygens (including phenoxy) is 1. The molecule has 2 aromatic heterocycles. The second-order valence-corrected chi connectivity index (χ2v) is 5.44. The fourth-order valence-corrected chi connectivity index (χ4v) is 2.82. The highest BCUT2D eigenvalue weighted by molar-refractivity contribution is 7.17. The van der Waals surface area contributed by atoms with E-state index in [9.17, 15) is 9.90 Å². The van der Waals surface area contributed by atoms with Crippen molar-refractivity contribution in [1.82, 2.24) is 9.97 Å². The number of para-hydroxylation sites is 1. The number of thiazole rings is 1. The van der Waals surface area contributed by atoms with Crippen molar-refractivity contribution in [2.75, 3.05) is 0 Å². The van der Waals surface area contributed by atoms with Gasteiger partial charge in [-0.2, -0.15) is 0 Å². The van der Waals surface area contributed by atoms with E-state index >= 15 is 0 Å². The molecule has 0 aliphatic carbocycles. The van der Waals surface area contributed by atoms with Crippen molar-refractivity contribution in [3.05, 3.63) is 65.4 Å². The number of benzene rings is 1. The summed E-state index contributed by atoms with van der Waals surface area (Å²) in [6.07, 6.45) is 3.30. The van der Waals surface area contributed by atoms with Gasteiger partial charge in [0.15, 0.2) is 0 Å². The number of hydrogen-bond donors (Lipinski definition) is 1. The van der Waals surface area contributed by atoms with Crippen LogP contribution in [0.4, 0.5) is 0 Å². The highest BCUT2D eigenvalue weighted by Crippen LogP contribution is 2.28. The van der Waals surface area contributed by atoms with Gasteiger partial charge in [0, 0.05) is 18.0 Å². The van der Waals surface area contributed by atoms with Gasteiger partial charge in [0.25, 0.3) is 0 Å². The topological polar surface area (TPSA) is 72.3 Å². The summed E-state index contributed by atoms with van der Waals surface area (Å²) in [5.41, 5.74) is 1.27. The number of carboxylic acid groups (broad SMARTS) is 1. The smallest absolute Gasteiger partial charge is 0.347 e. The average molecular weight is 312 g/mol. The van der Waals surface area contributed by atoms with Crippen LogP contribution >= 0.6 is 11.3 Å². The van der Waals surface area contributed by atoms with E-state index in [-0.39, 0.29) is 11.5 Å². The first-order valence-electron chi connectivity index (χ1n) is 6.55. The SMILES string of the molecule is O=C(O)c1sc(-c2ccncc2)nc1COc1ccccc1. The number of pyridine rings is 1. The van der Waals surface area contributed by atoms with Crippen molar-refractivity contribution in [3.63, 3.8) is 0 Å². The van der Waals surface area contributed by atoms with Gasteiger partial charge in [-0.25, -0.2) is 9.78 Å². The molecule has 0 saturated carbocycles. The van der Waals surface area contributed by atoms with Gasteiger partial charge < -0.3 is 9.84 Å². The fourth-order valence-electron chi connectivity index (χ4n) is 1.90. The summed E-state index contributed by atoms with van der Waals surface area (Å²) >= 11 is 1.14. The molecule has 2 heterocycles. The van der Waals surface area contributed by atoms with E-state index in [1.807, 2.05) is 30.3 Å². The highest BCUT2D eigenvalue weighted by atomic mass is 32.1. The fraction of sp³-hybridized carbons (Fsp3) is 0.0625. The Morgan fingerprint density at radius 1 is 1.14 bits per heavy atom. The van der Waals surface area contributed by atoms with E-state index in [1.54, 1.807) is 24.5 Å². The van der Waals surface area contributed by atoms with Crippen LogP contribution in [0, 0.1) is 0 Å². The summed E-state index contributed by atoms with van der Waals surface area (Å²) in [6, 6.07) is 12.8. The number of hydrogen-bond acceptors (Lipinski definition) is 5. The van der Waals surface area contributed by atoms with Crippen LogP contribution in [0.25, 0.3) is 10.6 Å². The zero-order valence-corrected chi connectivity index (χ0v) is 12.3. The molecule has 0 amide bonds. The first-order chi connectivity index (χ1) is 10.7. The van der Waals surface area contributed by atoms with Crippen LogP contribution in [0.2, 0.25) is 0 Å². The Balaban J connectivity index is 1.86. The molecule has 3 rings (SSSR count). The first kappa shape index (κ1) is 14.2. The van der Waals surface area contributed by atoms with E-state index in [4.69, 9.17) is 4.74 Å². The van der Waals surface area contributed by atoms with Crippen LogP contribution in [-0.4, -0.2) is 21.0 Å². The molecular formula is C16H12N2O3S. The van der Waals surface area contributed by atoms with Gasteiger partial charge in [-0.1, -0.05) is 18.2 Å². The third kappa shape index (κ3) is 3.12. The summed E-state index contributed by atoms with van der Waals surface area (Å²) in [7, 11) is 0. The van der Waals surface area contributed by atoms with E-state index < -0.39 is 5.97 Å². The molecule has 0 saturated heterocycles. The standard InChI is InChI=1S/C16H12N2O3S/c19-16(20)14-13(10-21-12-4-2-1-3-5-12)18-15(22-14)11-6-8-17-9-7-11/h1-9H,10H2,(H,19,20). The molecule has 0 fully saturated rings. The second kappa shape index (κ2) is 6.36. The number of carbonyl (C=O) groups is 1. The van der Waals surface area contributed by atoms with E-state index in [2.05, 4.69) is 9.97 Å². The van der Waals surface area contributed by atoms with Gasteiger partial charge in [0.2, 0.25) is 0 Å². The number of aromatic nitrogens is 2. The van der Waals surface area contributed by atoms with Gasteiger partial charge in [0.05, 0.1) is 0 Å². The molecule has 3 aromatic rings. The number of nitrogens with zero attached hydrogens (tertiary/aromatic N) is 2. The van der Waals surface area contributed by atoms with Crippen molar-refractivity contribution in [1.29, 1.82) is 0 Å². The quantitative estimate of drug-likeness (QED) is 0.781. The van der Waals surface area contributed by atoms with Crippen LogP contribution in [0.3, 0.4) is 0 Å². The largest absolute Gasteiger partial charge is 0.487 e. The summed E-state index contributed by atoms with van der Waals surface area (Å²) < 4.78 is 5.60. The molecule has 0 unspecified atom stereocenters. The van der Waals surface area contributed by atoms with E-state index in [0.29, 0.717) is 16.5 Å².